The van der Waals surface area contributed by atoms with Gasteiger partial charge in [-0.1, -0.05) is 24.3 Å². The third-order valence-electron chi connectivity index (χ3n) is 5.86. The van der Waals surface area contributed by atoms with Crippen molar-refractivity contribution in [3.63, 3.8) is 0 Å². The van der Waals surface area contributed by atoms with E-state index in [2.05, 4.69) is 5.32 Å². The summed E-state index contributed by atoms with van der Waals surface area (Å²) >= 11 is 0. The lowest BCUT2D eigenvalue weighted by Crippen LogP contribution is -2.53. The van der Waals surface area contributed by atoms with E-state index in [9.17, 15) is 14.0 Å². The van der Waals surface area contributed by atoms with E-state index in [-0.39, 0.29) is 30.7 Å². The summed E-state index contributed by atoms with van der Waals surface area (Å²) in [5.41, 5.74) is 2.07. The van der Waals surface area contributed by atoms with Crippen LogP contribution in [0.4, 0.5) is 10.1 Å². The highest BCUT2D eigenvalue weighted by Crippen LogP contribution is 2.33. The van der Waals surface area contributed by atoms with Crippen LogP contribution in [-0.2, 0) is 16.1 Å². The van der Waals surface area contributed by atoms with Crippen molar-refractivity contribution < 1.29 is 18.7 Å². The molecule has 164 valence electrons. The summed E-state index contributed by atoms with van der Waals surface area (Å²) in [7, 11) is 0. The third-order valence-corrected chi connectivity index (χ3v) is 5.86. The van der Waals surface area contributed by atoms with E-state index >= 15 is 0 Å². The second kappa shape index (κ2) is 9.37. The van der Waals surface area contributed by atoms with Gasteiger partial charge in [0.15, 0.2) is 6.10 Å². The van der Waals surface area contributed by atoms with Crippen LogP contribution in [0.2, 0.25) is 0 Å². The van der Waals surface area contributed by atoms with Crippen molar-refractivity contribution in [1.29, 1.82) is 0 Å². The van der Waals surface area contributed by atoms with Gasteiger partial charge in [0.2, 0.25) is 5.91 Å². The zero-order valence-corrected chi connectivity index (χ0v) is 17.8. The Morgan fingerprint density at radius 2 is 1.90 bits per heavy atom. The number of nitrogens with one attached hydrogen (secondary N) is 1. The number of hydrogen-bond donors (Lipinski definition) is 1. The van der Waals surface area contributed by atoms with E-state index in [4.69, 9.17) is 4.74 Å². The van der Waals surface area contributed by atoms with E-state index in [0.29, 0.717) is 23.4 Å². The molecule has 0 bridgehead atoms. The maximum atomic E-state index is 13.7. The number of carbonyl (C=O) groups is 2. The molecule has 0 aromatic heterocycles. The number of para-hydroxylation sites is 2. The number of aryl methyl sites for hydroxylation is 1. The van der Waals surface area contributed by atoms with Crippen molar-refractivity contribution in [2.24, 2.45) is 0 Å². The lowest BCUT2D eigenvalue weighted by atomic mass is 10.1. The summed E-state index contributed by atoms with van der Waals surface area (Å²) in [5.74, 6) is 0.113. The van der Waals surface area contributed by atoms with Crippen LogP contribution in [0, 0.1) is 12.7 Å². The number of likely N-dealkylation sites (tertiary alicyclic amines) is 1. The van der Waals surface area contributed by atoms with Crippen molar-refractivity contribution in [3.8, 4) is 5.75 Å². The van der Waals surface area contributed by atoms with Gasteiger partial charge < -0.3 is 19.9 Å². The molecule has 2 heterocycles. The van der Waals surface area contributed by atoms with Crippen molar-refractivity contribution in [1.82, 2.24) is 10.2 Å². The molecule has 4 rings (SSSR count). The third kappa shape index (κ3) is 4.98. The van der Waals surface area contributed by atoms with E-state index < -0.39 is 6.10 Å². The molecule has 1 fully saturated rings. The molecule has 31 heavy (non-hydrogen) atoms. The number of ether oxygens (including phenoxy) is 1. The summed E-state index contributed by atoms with van der Waals surface area (Å²) in [6.45, 7) is 3.88. The Bertz CT molecular complexity index is 959. The predicted molar refractivity (Wildman–Crippen MR) is 116 cm³/mol. The standard InChI is InChI=1S/C24H28FN3O3/c1-17-9-10-18(13-19(17)25)14-26-23(29)16-28-15-22(24(30)27-11-5-2-6-12-27)31-21-8-4-3-7-20(21)28/h3-4,7-10,13,22H,2,5-6,11-12,14-16H2,1H3,(H,26,29). The summed E-state index contributed by atoms with van der Waals surface area (Å²) in [4.78, 5) is 29.4. The number of hydrogen-bond acceptors (Lipinski definition) is 4. The van der Waals surface area contributed by atoms with Gasteiger partial charge in [0, 0.05) is 19.6 Å². The van der Waals surface area contributed by atoms with Crippen molar-refractivity contribution in [2.75, 3.05) is 31.1 Å². The normalized spacial score (nSPS) is 18.2. The minimum Gasteiger partial charge on any atom is -0.477 e. The quantitative estimate of drug-likeness (QED) is 0.800. The maximum Gasteiger partial charge on any atom is 0.265 e. The SMILES string of the molecule is Cc1ccc(CNC(=O)CN2CC(C(=O)N3CCCCC3)Oc3ccccc32)cc1F. The fourth-order valence-corrected chi connectivity index (χ4v) is 4.08. The van der Waals surface area contributed by atoms with Gasteiger partial charge in [-0.3, -0.25) is 9.59 Å². The maximum absolute atomic E-state index is 13.7. The van der Waals surface area contributed by atoms with Crippen molar-refractivity contribution >= 4 is 17.5 Å². The first kappa shape index (κ1) is 21.2. The predicted octanol–water partition coefficient (Wildman–Crippen LogP) is 3.03. The van der Waals surface area contributed by atoms with Gasteiger partial charge in [-0.15, -0.1) is 0 Å². The zero-order valence-electron chi connectivity index (χ0n) is 17.8. The van der Waals surface area contributed by atoms with Crippen LogP contribution in [0.25, 0.3) is 0 Å². The lowest BCUT2D eigenvalue weighted by Gasteiger charge is -2.38. The molecule has 2 amide bonds. The Morgan fingerprint density at radius 1 is 1.13 bits per heavy atom. The average molecular weight is 426 g/mol. The van der Waals surface area contributed by atoms with E-state index in [1.165, 1.54) is 6.07 Å². The van der Waals surface area contributed by atoms with Gasteiger partial charge in [0.25, 0.3) is 5.91 Å². The Balaban J connectivity index is 1.42. The summed E-state index contributed by atoms with van der Waals surface area (Å²) in [6, 6.07) is 12.4. The fraction of sp³-hybridized carbons (Fsp3) is 0.417. The Kier molecular flexibility index (Phi) is 6.39. The second-order valence-electron chi connectivity index (χ2n) is 8.20. The molecule has 2 aliphatic heterocycles. The van der Waals surface area contributed by atoms with E-state index in [0.717, 1.165) is 38.0 Å². The number of nitrogens with zero attached hydrogens (tertiary/aromatic N) is 2. The number of halogens is 1. The minimum absolute atomic E-state index is 0.0188. The number of fused-ring (bicyclic) bond motifs is 1. The first-order chi connectivity index (χ1) is 15.0. The minimum atomic E-state index is -0.632. The highest BCUT2D eigenvalue weighted by Gasteiger charge is 2.34. The first-order valence-electron chi connectivity index (χ1n) is 10.8. The molecule has 0 spiro atoms. The average Bonchev–Trinajstić information content (AvgIpc) is 2.80. The smallest absolute Gasteiger partial charge is 0.265 e. The number of piperidine rings is 1. The first-order valence-corrected chi connectivity index (χ1v) is 10.8. The molecule has 6 nitrogen and oxygen atoms in total. The van der Waals surface area contributed by atoms with Crippen LogP contribution in [0.15, 0.2) is 42.5 Å². The molecule has 0 saturated carbocycles. The van der Waals surface area contributed by atoms with Crippen molar-refractivity contribution in [2.45, 2.75) is 38.8 Å². The molecule has 1 N–H and O–H groups in total. The second-order valence-corrected chi connectivity index (χ2v) is 8.20. The van der Waals surface area contributed by atoms with Crippen LogP contribution in [0.5, 0.6) is 5.75 Å². The fourth-order valence-electron chi connectivity index (χ4n) is 4.08. The number of benzene rings is 2. The van der Waals surface area contributed by atoms with Crippen LogP contribution in [-0.4, -0.2) is 49.0 Å². The van der Waals surface area contributed by atoms with Gasteiger partial charge >= 0.3 is 0 Å². The van der Waals surface area contributed by atoms with E-state index in [1.54, 1.807) is 19.1 Å². The van der Waals surface area contributed by atoms with Gasteiger partial charge in [-0.25, -0.2) is 4.39 Å². The van der Waals surface area contributed by atoms with Gasteiger partial charge in [-0.2, -0.15) is 0 Å². The van der Waals surface area contributed by atoms with Gasteiger partial charge in [0.1, 0.15) is 11.6 Å². The monoisotopic (exact) mass is 425 g/mol. The molecule has 7 heteroatoms. The molecular weight excluding hydrogens is 397 g/mol. The summed E-state index contributed by atoms with van der Waals surface area (Å²) < 4.78 is 19.7. The lowest BCUT2D eigenvalue weighted by molar-refractivity contribution is -0.139. The molecule has 1 atom stereocenters. The topological polar surface area (TPSA) is 61.9 Å². The Morgan fingerprint density at radius 3 is 2.68 bits per heavy atom. The number of amides is 2. The van der Waals surface area contributed by atoms with Crippen molar-refractivity contribution in [3.05, 3.63) is 59.4 Å². The molecule has 2 aromatic carbocycles. The molecule has 2 aliphatic rings. The molecule has 2 aromatic rings. The summed E-state index contributed by atoms with van der Waals surface area (Å²) in [6.07, 6.45) is 2.55. The molecule has 0 aliphatic carbocycles. The molecule has 1 saturated heterocycles. The highest BCUT2D eigenvalue weighted by atomic mass is 19.1. The Labute approximate surface area is 182 Å². The summed E-state index contributed by atoms with van der Waals surface area (Å²) in [5, 5.41) is 2.85. The van der Waals surface area contributed by atoms with Crippen LogP contribution >= 0.6 is 0 Å². The van der Waals surface area contributed by atoms with Gasteiger partial charge in [-0.05, 0) is 55.5 Å². The number of carbonyl (C=O) groups excluding carboxylic acids is 2. The number of anilines is 1. The molecule has 1 unspecified atom stereocenters. The molecular formula is C24H28FN3O3. The molecule has 0 radical (unpaired) electrons. The van der Waals surface area contributed by atoms with Gasteiger partial charge in [0.05, 0.1) is 18.8 Å². The number of rotatable bonds is 5. The van der Waals surface area contributed by atoms with Crippen LogP contribution in [0.1, 0.15) is 30.4 Å². The van der Waals surface area contributed by atoms with E-state index in [1.807, 2.05) is 34.1 Å². The Hall–Kier alpha value is -3.09. The van der Waals surface area contributed by atoms with Crippen LogP contribution in [0.3, 0.4) is 0 Å². The largest absolute Gasteiger partial charge is 0.477 e. The highest BCUT2D eigenvalue weighted by molar-refractivity contribution is 5.86. The van der Waals surface area contributed by atoms with Crippen LogP contribution < -0.4 is 15.0 Å². The zero-order chi connectivity index (χ0) is 21.8.